The molecule has 1 aliphatic carbocycles. The van der Waals surface area contributed by atoms with Crippen molar-refractivity contribution in [1.29, 1.82) is 0 Å². The molecule has 208 valence electrons. The van der Waals surface area contributed by atoms with Gasteiger partial charge in [0.2, 0.25) is 11.8 Å². The van der Waals surface area contributed by atoms with Crippen molar-refractivity contribution in [2.75, 3.05) is 19.1 Å². The van der Waals surface area contributed by atoms with Gasteiger partial charge < -0.3 is 14.8 Å². The minimum atomic E-state index is -1.18. The Morgan fingerprint density at radius 3 is 2.55 bits per heavy atom. The highest BCUT2D eigenvalue weighted by atomic mass is 19.1. The summed E-state index contributed by atoms with van der Waals surface area (Å²) in [6, 6.07) is 16.9. The Balaban J connectivity index is 1.63. The van der Waals surface area contributed by atoms with Crippen LogP contribution in [0.5, 0.6) is 11.5 Å². The van der Waals surface area contributed by atoms with Crippen molar-refractivity contribution in [2.45, 2.75) is 50.7 Å². The summed E-state index contributed by atoms with van der Waals surface area (Å²) in [6.07, 6.45) is 4.87. The number of anilines is 1. The number of ether oxygens (including phenoxy) is 2. The van der Waals surface area contributed by atoms with Crippen LogP contribution in [-0.2, 0) is 16.1 Å². The van der Waals surface area contributed by atoms with E-state index in [1.807, 2.05) is 18.2 Å². The lowest BCUT2D eigenvalue weighted by molar-refractivity contribution is -0.127. The Labute approximate surface area is 231 Å². The zero-order chi connectivity index (χ0) is 28.1. The van der Waals surface area contributed by atoms with E-state index >= 15 is 0 Å². The van der Waals surface area contributed by atoms with Gasteiger partial charge in [0.05, 0.1) is 19.7 Å². The number of methoxy groups -OCH3 is 2. The fourth-order valence-corrected chi connectivity index (χ4v) is 5.35. The number of nitrogens with one attached hydrogen (secondary N) is 1. The molecule has 0 aliphatic heterocycles. The predicted octanol–water partition coefficient (Wildman–Crippen LogP) is 4.81. The van der Waals surface area contributed by atoms with E-state index in [0.29, 0.717) is 28.1 Å². The first kappa shape index (κ1) is 27.1. The van der Waals surface area contributed by atoms with Gasteiger partial charge in [0.25, 0.3) is 0 Å². The van der Waals surface area contributed by atoms with E-state index in [-0.39, 0.29) is 24.2 Å². The molecule has 1 fully saturated rings. The van der Waals surface area contributed by atoms with E-state index in [1.165, 1.54) is 42.0 Å². The number of aromatic nitrogens is 3. The first-order valence-corrected chi connectivity index (χ1v) is 13.4. The lowest BCUT2D eigenvalue weighted by Gasteiger charge is -2.34. The summed E-state index contributed by atoms with van der Waals surface area (Å²) < 4.78 is 27.3. The molecule has 0 spiro atoms. The van der Waals surface area contributed by atoms with E-state index in [0.717, 1.165) is 32.1 Å². The molecule has 4 aromatic rings. The van der Waals surface area contributed by atoms with Gasteiger partial charge in [-0.05, 0) is 49.2 Å². The first-order chi connectivity index (χ1) is 19.5. The quantitative estimate of drug-likeness (QED) is 0.324. The topological polar surface area (TPSA) is 98.6 Å². The second-order valence-electron chi connectivity index (χ2n) is 9.81. The van der Waals surface area contributed by atoms with Crippen LogP contribution in [0.15, 0.2) is 66.7 Å². The maximum atomic E-state index is 14.6. The third-order valence-corrected chi connectivity index (χ3v) is 7.25. The normalized spacial score (nSPS) is 14.5. The van der Waals surface area contributed by atoms with Crippen LogP contribution in [0.4, 0.5) is 10.1 Å². The smallest absolute Gasteiger partial charge is 0.249 e. The molecular weight excluding hydrogens is 513 g/mol. The number of hydrogen-bond donors (Lipinski definition) is 1. The number of nitrogens with zero attached hydrogens (tertiary/aromatic N) is 4. The van der Waals surface area contributed by atoms with Crippen LogP contribution in [0.2, 0.25) is 0 Å². The van der Waals surface area contributed by atoms with Gasteiger partial charge in [-0.2, -0.15) is 0 Å². The van der Waals surface area contributed by atoms with Crippen LogP contribution in [0, 0.1) is 5.82 Å². The third-order valence-electron chi connectivity index (χ3n) is 7.25. The number of amides is 2. The molecule has 1 atom stereocenters. The Morgan fingerprint density at radius 2 is 1.80 bits per heavy atom. The summed E-state index contributed by atoms with van der Waals surface area (Å²) in [5, 5.41) is 11.5. The lowest BCUT2D eigenvalue weighted by Crippen LogP contribution is -2.48. The van der Waals surface area contributed by atoms with Gasteiger partial charge in [-0.1, -0.05) is 54.8 Å². The summed E-state index contributed by atoms with van der Waals surface area (Å²) in [6.45, 7) is -0.226. The van der Waals surface area contributed by atoms with Crippen LogP contribution in [0.1, 0.15) is 43.7 Å². The standard InChI is InChI=1S/C30H32FN5O4/c1-39-26-17-9-14-23(29(26)40-2)28(30(38)32-21-11-4-3-5-12-21)36(22-13-8-10-20(31)18-22)27(37)19-35-25-16-7-6-15-24(25)33-34-35/h6-10,13-18,21,28H,3-5,11-12,19H2,1-2H3,(H,32,38)/t28-/m1/s1. The van der Waals surface area contributed by atoms with Crippen molar-refractivity contribution >= 4 is 28.5 Å². The second kappa shape index (κ2) is 12.1. The molecule has 0 saturated heterocycles. The predicted molar refractivity (Wildman–Crippen MR) is 149 cm³/mol. The second-order valence-corrected chi connectivity index (χ2v) is 9.81. The Hall–Kier alpha value is -4.47. The number of carbonyl (C=O) groups is 2. The lowest BCUT2D eigenvalue weighted by atomic mass is 9.94. The molecule has 1 saturated carbocycles. The van der Waals surface area contributed by atoms with E-state index in [4.69, 9.17) is 9.47 Å². The Bertz CT molecular complexity index is 1500. The highest BCUT2D eigenvalue weighted by Crippen LogP contribution is 2.39. The molecule has 5 rings (SSSR count). The van der Waals surface area contributed by atoms with Crippen molar-refractivity contribution in [2.24, 2.45) is 0 Å². The fraction of sp³-hybridized carbons (Fsp3) is 0.333. The molecule has 0 radical (unpaired) electrons. The molecule has 0 bridgehead atoms. The number of halogens is 1. The Morgan fingerprint density at radius 1 is 1.02 bits per heavy atom. The van der Waals surface area contributed by atoms with Gasteiger partial charge in [-0.25, -0.2) is 9.07 Å². The van der Waals surface area contributed by atoms with Crippen molar-refractivity contribution in [3.63, 3.8) is 0 Å². The van der Waals surface area contributed by atoms with Gasteiger partial charge in [0.15, 0.2) is 11.5 Å². The summed E-state index contributed by atoms with van der Waals surface area (Å²) in [5.41, 5.74) is 1.94. The number of benzene rings is 3. The van der Waals surface area contributed by atoms with E-state index in [1.54, 1.807) is 30.3 Å². The summed E-state index contributed by atoms with van der Waals surface area (Å²) >= 11 is 0. The van der Waals surface area contributed by atoms with Crippen LogP contribution in [-0.4, -0.2) is 47.1 Å². The number of carbonyl (C=O) groups excluding carboxylic acids is 2. The third kappa shape index (κ3) is 5.61. The van der Waals surface area contributed by atoms with Gasteiger partial charge in [0, 0.05) is 17.3 Å². The van der Waals surface area contributed by atoms with E-state index < -0.39 is 17.8 Å². The SMILES string of the molecule is COc1cccc([C@H](C(=O)NC2CCCCC2)N(C(=O)Cn2nnc3ccccc32)c2cccc(F)c2)c1OC. The zero-order valence-electron chi connectivity index (χ0n) is 22.5. The summed E-state index contributed by atoms with van der Waals surface area (Å²) in [7, 11) is 2.98. The van der Waals surface area contributed by atoms with Crippen molar-refractivity contribution in [3.05, 3.63) is 78.1 Å². The molecule has 0 unspecified atom stereocenters. The number of para-hydroxylation sites is 2. The van der Waals surface area contributed by atoms with E-state index in [2.05, 4.69) is 15.6 Å². The summed E-state index contributed by atoms with van der Waals surface area (Å²) in [4.78, 5) is 29.7. The Kier molecular flexibility index (Phi) is 8.23. The van der Waals surface area contributed by atoms with E-state index in [9.17, 15) is 14.0 Å². The van der Waals surface area contributed by atoms with Crippen LogP contribution < -0.4 is 19.7 Å². The first-order valence-electron chi connectivity index (χ1n) is 13.4. The molecule has 1 N–H and O–H groups in total. The summed E-state index contributed by atoms with van der Waals surface area (Å²) in [5.74, 6) is -0.682. The van der Waals surface area contributed by atoms with Crippen LogP contribution in [0.25, 0.3) is 11.0 Å². The molecular formula is C30H32FN5O4. The average Bonchev–Trinajstić information content (AvgIpc) is 3.38. The van der Waals surface area contributed by atoms with Gasteiger partial charge in [-0.3, -0.25) is 14.5 Å². The van der Waals surface area contributed by atoms with Crippen molar-refractivity contribution < 1.29 is 23.5 Å². The highest BCUT2D eigenvalue weighted by molar-refractivity contribution is 6.02. The fourth-order valence-electron chi connectivity index (χ4n) is 5.35. The maximum Gasteiger partial charge on any atom is 0.249 e. The minimum absolute atomic E-state index is 0.0240. The largest absolute Gasteiger partial charge is 0.493 e. The molecule has 1 aromatic heterocycles. The van der Waals surface area contributed by atoms with Gasteiger partial charge >= 0.3 is 0 Å². The molecule has 2 amide bonds. The highest BCUT2D eigenvalue weighted by Gasteiger charge is 2.37. The van der Waals surface area contributed by atoms with Crippen LogP contribution >= 0.6 is 0 Å². The maximum absolute atomic E-state index is 14.6. The number of rotatable bonds is 9. The average molecular weight is 546 g/mol. The molecule has 9 nitrogen and oxygen atoms in total. The van der Waals surface area contributed by atoms with Gasteiger partial charge in [0.1, 0.15) is 23.9 Å². The molecule has 1 aliphatic rings. The molecule has 10 heteroatoms. The number of hydrogen-bond acceptors (Lipinski definition) is 6. The molecule has 3 aromatic carbocycles. The van der Waals surface area contributed by atoms with Crippen molar-refractivity contribution in [3.8, 4) is 11.5 Å². The molecule has 1 heterocycles. The monoisotopic (exact) mass is 545 g/mol. The molecule has 40 heavy (non-hydrogen) atoms. The van der Waals surface area contributed by atoms with Crippen LogP contribution in [0.3, 0.4) is 0 Å². The van der Waals surface area contributed by atoms with Crippen molar-refractivity contribution in [1.82, 2.24) is 20.3 Å². The number of fused-ring (bicyclic) bond motifs is 1. The minimum Gasteiger partial charge on any atom is -0.493 e. The zero-order valence-corrected chi connectivity index (χ0v) is 22.5. The van der Waals surface area contributed by atoms with Gasteiger partial charge in [-0.15, -0.1) is 5.10 Å².